The SMILES string of the molecule is Cc1ccc(C(=O)CSCc2cccc(C(N)=S)c2)cc1. The number of nitrogens with two attached hydrogens (primary N) is 1. The maximum Gasteiger partial charge on any atom is 0.172 e. The first-order chi connectivity index (χ1) is 10.1. The molecule has 0 aliphatic rings. The van der Waals surface area contributed by atoms with Gasteiger partial charge in [-0.1, -0.05) is 60.2 Å². The molecule has 0 aliphatic heterocycles. The molecule has 4 heteroatoms. The number of benzene rings is 2. The number of aryl methyl sites for hydroxylation is 1. The van der Waals surface area contributed by atoms with Gasteiger partial charge in [0.2, 0.25) is 0 Å². The fourth-order valence-electron chi connectivity index (χ4n) is 1.90. The predicted molar refractivity (Wildman–Crippen MR) is 94.0 cm³/mol. The highest BCUT2D eigenvalue weighted by atomic mass is 32.2. The van der Waals surface area contributed by atoms with Gasteiger partial charge < -0.3 is 5.73 Å². The van der Waals surface area contributed by atoms with Crippen molar-refractivity contribution in [3.05, 3.63) is 70.8 Å². The molecule has 2 nitrogen and oxygen atoms in total. The van der Waals surface area contributed by atoms with Gasteiger partial charge in [0.15, 0.2) is 5.78 Å². The molecule has 0 spiro atoms. The molecule has 2 N–H and O–H groups in total. The van der Waals surface area contributed by atoms with E-state index < -0.39 is 0 Å². The quantitative estimate of drug-likeness (QED) is 0.651. The number of rotatable bonds is 6. The average Bonchev–Trinajstić information content (AvgIpc) is 2.48. The Bertz CT molecular complexity index is 650. The van der Waals surface area contributed by atoms with Crippen molar-refractivity contribution in [3.63, 3.8) is 0 Å². The second-order valence-corrected chi connectivity index (χ2v) is 6.27. The van der Waals surface area contributed by atoms with Crippen molar-refractivity contribution in [2.45, 2.75) is 12.7 Å². The van der Waals surface area contributed by atoms with Crippen molar-refractivity contribution in [1.82, 2.24) is 0 Å². The summed E-state index contributed by atoms with van der Waals surface area (Å²) in [5, 5.41) is 0. The summed E-state index contributed by atoms with van der Waals surface area (Å²) < 4.78 is 0. The lowest BCUT2D eigenvalue weighted by Gasteiger charge is -2.05. The molecule has 0 radical (unpaired) electrons. The van der Waals surface area contributed by atoms with Gasteiger partial charge in [0.25, 0.3) is 0 Å². The molecule has 2 aromatic rings. The third kappa shape index (κ3) is 4.69. The van der Waals surface area contributed by atoms with Crippen LogP contribution in [0.25, 0.3) is 0 Å². The zero-order valence-corrected chi connectivity index (χ0v) is 13.5. The molecule has 0 bridgehead atoms. The van der Waals surface area contributed by atoms with Crippen LogP contribution in [0.2, 0.25) is 0 Å². The van der Waals surface area contributed by atoms with Gasteiger partial charge in [-0.15, -0.1) is 11.8 Å². The lowest BCUT2D eigenvalue weighted by Crippen LogP contribution is -2.09. The molecule has 21 heavy (non-hydrogen) atoms. The molecule has 2 aromatic carbocycles. The van der Waals surface area contributed by atoms with E-state index in [9.17, 15) is 4.79 Å². The summed E-state index contributed by atoms with van der Waals surface area (Å²) >= 11 is 6.57. The van der Waals surface area contributed by atoms with Crippen molar-refractivity contribution in [3.8, 4) is 0 Å². The lowest BCUT2D eigenvalue weighted by molar-refractivity contribution is 0.102. The summed E-state index contributed by atoms with van der Waals surface area (Å²) in [7, 11) is 0. The van der Waals surface area contributed by atoms with E-state index in [-0.39, 0.29) is 5.78 Å². The van der Waals surface area contributed by atoms with Gasteiger partial charge in [0.1, 0.15) is 4.99 Å². The Balaban J connectivity index is 1.89. The molecule has 0 saturated heterocycles. The number of hydrogen-bond acceptors (Lipinski definition) is 3. The lowest BCUT2D eigenvalue weighted by atomic mass is 10.1. The van der Waals surface area contributed by atoms with Crippen LogP contribution in [0.4, 0.5) is 0 Å². The van der Waals surface area contributed by atoms with Crippen molar-refractivity contribution >= 4 is 34.8 Å². The number of ketones is 1. The smallest absolute Gasteiger partial charge is 0.172 e. The molecule has 0 unspecified atom stereocenters. The molecule has 2 rings (SSSR count). The summed E-state index contributed by atoms with van der Waals surface area (Å²) in [4.78, 5) is 12.5. The van der Waals surface area contributed by atoms with Gasteiger partial charge in [-0.05, 0) is 18.6 Å². The van der Waals surface area contributed by atoms with Gasteiger partial charge in [-0.2, -0.15) is 0 Å². The third-order valence-electron chi connectivity index (χ3n) is 3.09. The van der Waals surface area contributed by atoms with E-state index in [1.54, 1.807) is 11.8 Å². The second-order valence-electron chi connectivity index (χ2n) is 4.85. The first-order valence-electron chi connectivity index (χ1n) is 6.62. The van der Waals surface area contributed by atoms with Gasteiger partial charge in [0.05, 0.1) is 5.75 Å². The van der Waals surface area contributed by atoms with Crippen LogP contribution in [0.5, 0.6) is 0 Å². The van der Waals surface area contributed by atoms with Gasteiger partial charge in [-0.25, -0.2) is 0 Å². The Hall–Kier alpha value is -1.65. The maximum absolute atomic E-state index is 12.1. The predicted octanol–water partition coefficient (Wildman–Crippen LogP) is 3.75. The topological polar surface area (TPSA) is 43.1 Å². The molecule has 0 aliphatic carbocycles. The molecular weight excluding hydrogens is 298 g/mol. The fraction of sp³-hybridized carbons (Fsp3) is 0.176. The fourth-order valence-corrected chi connectivity index (χ4v) is 2.90. The van der Waals surface area contributed by atoms with Crippen molar-refractivity contribution in [1.29, 1.82) is 0 Å². The summed E-state index contributed by atoms with van der Waals surface area (Å²) in [6, 6.07) is 15.5. The Morgan fingerprint density at radius 2 is 1.86 bits per heavy atom. The summed E-state index contributed by atoms with van der Waals surface area (Å²) in [6.45, 7) is 2.01. The van der Waals surface area contributed by atoms with E-state index in [4.69, 9.17) is 18.0 Å². The highest BCUT2D eigenvalue weighted by Crippen LogP contribution is 2.16. The highest BCUT2D eigenvalue weighted by molar-refractivity contribution is 7.99. The zero-order chi connectivity index (χ0) is 15.2. The minimum atomic E-state index is 0.158. The first kappa shape index (κ1) is 15.7. The van der Waals surface area contributed by atoms with Crippen LogP contribution < -0.4 is 5.73 Å². The zero-order valence-electron chi connectivity index (χ0n) is 11.8. The summed E-state index contributed by atoms with van der Waals surface area (Å²) in [6.07, 6.45) is 0. The Morgan fingerprint density at radius 3 is 2.52 bits per heavy atom. The van der Waals surface area contributed by atoms with E-state index in [1.165, 1.54) is 0 Å². The van der Waals surface area contributed by atoms with E-state index in [0.29, 0.717) is 10.7 Å². The van der Waals surface area contributed by atoms with Crippen molar-refractivity contribution in [2.24, 2.45) is 5.73 Å². The van der Waals surface area contributed by atoms with Crippen LogP contribution in [0.15, 0.2) is 48.5 Å². The molecule has 0 amide bonds. The third-order valence-corrected chi connectivity index (χ3v) is 4.33. The minimum Gasteiger partial charge on any atom is -0.389 e. The number of thioether (sulfide) groups is 1. The highest BCUT2D eigenvalue weighted by Gasteiger charge is 2.06. The maximum atomic E-state index is 12.1. The number of hydrogen-bond donors (Lipinski definition) is 1. The summed E-state index contributed by atoms with van der Waals surface area (Å²) in [5.74, 6) is 1.40. The molecule has 0 atom stereocenters. The van der Waals surface area contributed by atoms with Gasteiger partial charge >= 0.3 is 0 Å². The van der Waals surface area contributed by atoms with Crippen LogP contribution >= 0.6 is 24.0 Å². The molecule has 0 heterocycles. The normalized spacial score (nSPS) is 10.3. The average molecular weight is 315 g/mol. The van der Waals surface area contributed by atoms with E-state index in [2.05, 4.69) is 0 Å². The van der Waals surface area contributed by atoms with Gasteiger partial charge in [-0.3, -0.25) is 4.79 Å². The number of Topliss-reactive ketones (excluding diaryl/α,β-unsaturated/α-hetero) is 1. The van der Waals surface area contributed by atoms with Crippen LogP contribution in [-0.4, -0.2) is 16.5 Å². The summed E-state index contributed by atoms with van der Waals surface area (Å²) in [5.41, 5.74) is 9.54. The molecule has 0 saturated carbocycles. The number of carbonyl (C=O) groups is 1. The Morgan fingerprint density at radius 1 is 1.14 bits per heavy atom. The molecule has 108 valence electrons. The Labute approximate surface area is 134 Å². The molecule has 0 fully saturated rings. The monoisotopic (exact) mass is 315 g/mol. The van der Waals surface area contributed by atoms with Crippen LogP contribution in [0.3, 0.4) is 0 Å². The Kier molecular flexibility index (Phi) is 5.53. The molecular formula is C17H17NOS2. The minimum absolute atomic E-state index is 0.158. The van der Waals surface area contributed by atoms with Crippen molar-refractivity contribution < 1.29 is 4.79 Å². The van der Waals surface area contributed by atoms with Crippen LogP contribution in [0.1, 0.15) is 27.0 Å². The van der Waals surface area contributed by atoms with E-state index in [1.807, 2.05) is 55.5 Å². The van der Waals surface area contributed by atoms with Crippen LogP contribution in [-0.2, 0) is 5.75 Å². The standard InChI is InChI=1S/C17H17NOS2/c1-12-5-7-14(8-6-12)16(19)11-21-10-13-3-2-4-15(9-13)17(18)20/h2-9H,10-11H2,1H3,(H2,18,20). The van der Waals surface area contributed by atoms with Crippen LogP contribution in [0, 0.1) is 6.92 Å². The second kappa shape index (κ2) is 7.38. The van der Waals surface area contributed by atoms with Gasteiger partial charge in [0, 0.05) is 16.9 Å². The largest absolute Gasteiger partial charge is 0.389 e. The first-order valence-corrected chi connectivity index (χ1v) is 8.19. The van der Waals surface area contributed by atoms with E-state index in [0.717, 1.165) is 28.0 Å². The number of carbonyl (C=O) groups excluding carboxylic acids is 1. The molecule has 0 aromatic heterocycles. The van der Waals surface area contributed by atoms with E-state index >= 15 is 0 Å². The number of thiocarbonyl (C=S) groups is 1. The van der Waals surface area contributed by atoms with Crippen molar-refractivity contribution in [2.75, 3.05) is 5.75 Å².